The highest BCUT2D eigenvalue weighted by Gasteiger charge is 2.44. The number of rotatable bonds is 4. The number of hydrogen-bond acceptors (Lipinski definition) is 3. The standard InChI is InChI=1S/C19H18ClNO3/c20-16-4-2-1-3-13(16)14-10-15(14)19(22)21-11-12-5-6-17-18(9-12)24-8-7-23-17/h1-6,9,14-15H,7-8,10-11H2,(H,21,22). The molecule has 0 aromatic heterocycles. The topological polar surface area (TPSA) is 47.6 Å². The molecule has 0 spiro atoms. The number of hydrogen-bond donors (Lipinski definition) is 1. The molecule has 2 aromatic carbocycles. The zero-order valence-corrected chi connectivity index (χ0v) is 13.9. The van der Waals surface area contributed by atoms with Crippen LogP contribution in [0.5, 0.6) is 11.5 Å². The third-order valence-corrected chi connectivity index (χ3v) is 4.85. The molecule has 1 heterocycles. The van der Waals surface area contributed by atoms with Gasteiger partial charge in [0.05, 0.1) is 0 Å². The fourth-order valence-electron chi connectivity index (χ4n) is 3.12. The second kappa shape index (κ2) is 6.36. The van der Waals surface area contributed by atoms with Gasteiger partial charge in [0.15, 0.2) is 11.5 Å². The average molecular weight is 344 g/mol. The van der Waals surface area contributed by atoms with Crippen molar-refractivity contribution in [2.24, 2.45) is 5.92 Å². The number of carbonyl (C=O) groups is 1. The maximum Gasteiger partial charge on any atom is 0.224 e. The van der Waals surface area contributed by atoms with Crippen molar-refractivity contribution in [3.63, 3.8) is 0 Å². The summed E-state index contributed by atoms with van der Waals surface area (Å²) in [5.41, 5.74) is 2.07. The van der Waals surface area contributed by atoms with E-state index in [0.717, 1.165) is 34.1 Å². The molecule has 2 aliphatic rings. The first-order chi connectivity index (χ1) is 11.7. The number of ether oxygens (including phenoxy) is 2. The molecule has 0 saturated heterocycles. The summed E-state index contributed by atoms with van der Waals surface area (Å²) in [4.78, 5) is 12.4. The SMILES string of the molecule is O=C(NCc1ccc2c(c1)OCCO2)C1CC1c1ccccc1Cl. The van der Waals surface area contributed by atoms with Crippen LogP contribution in [0.15, 0.2) is 42.5 Å². The number of benzene rings is 2. The molecule has 1 saturated carbocycles. The predicted molar refractivity (Wildman–Crippen MR) is 91.6 cm³/mol. The van der Waals surface area contributed by atoms with Gasteiger partial charge in [-0.2, -0.15) is 0 Å². The molecule has 1 aliphatic heterocycles. The van der Waals surface area contributed by atoms with Gasteiger partial charge in [-0.15, -0.1) is 0 Å². The Balaban J connectivity index is 1.35. The maximum atomic E-state index is 12.4. The van der Waals surface area contributed by atoms with Crippen LogP contribution in [0, 0.1) is 5.92 Å². The van der Waals surface area contributed by atoms with Crippen LogP contribution in [0.25, 0.3) is 0 Å². The van der Waals surface area contributed by atoms with Gasteiger partial charge in [0.1, 0.15) is 13.2 Å². The Morgan fingerprint density at radius 3 is 2.75 bits per heavy atom. The summed E-state index contributed by atoms with van der Waals surface area (Å²) in [5.74, 6) is 1.83. The Morgan fingerprint density at radius 1 is 1.12 bits per heavy atom. The highest BCUT2D eigenvalue weighted by molar-refractivity contribution is 6.31. The van der Waals surface area contributed by atoms with Gasteiger partial charge in [-0.3, -0.25) is 4.79 Å². The first kappa shape index (κ1) is 15.3. The van der Waals surface area contributed by atoms with Crippen molar-refractivity contribution in [2.75, 3.05) is 13.2 Å². The lowest BCUT2D eigenvalue weighted by Gasteiger charge is -2.19. The van der Waals surface area contributed by atoms with Gasteiger partial charge in [0, 0.05) is 17.5 Å². The van der Waals surface area contributed by atoms with Crippen LogP contribution < -0.4 is 14.8 Å². The number of fused-ring (bicyclic) bond motifs is 1. The van der Waals surface area contributed by atoms with Gasteiger partial charge in [-0.25, -0.2) is 0 Å². The normalized spacial score (nSPS) is 21.2. The van der Waals surface area contributed by atoms with Crippen molar-refractivity contribution < 1.29 is 14.3 Å². The molecule has 2 atom stereocenters. The zero-order valence-electron chi connectivity index (χ0n) is 13.1. The molecule has 1 fully saturated rings. The number of halogens is 1. The second-order valence-electron chi connectivity index (χ2n) is 6.17. The maximum absolute atomic E-state index is 12.4. The molecule has 2 aromatic rings. The smallest absolute Gasteiger partial charge is 0.224 e. The summed E-state index contributed by atoms with van der Waals surface area (Å²) in [6.07, 6.45) is 0.858. The fourth-order valence-corrected chi connectivity index (χ4v) is 3.40. The quantitative estimate of drug-likeness (QED) is 0.923. The van der Waals surface area contributed by atoms with E-state index in [-0.39, 0.29) is 17.7 Å². The van der Waals surface area contributed by atoms with E-state index in [4.69, 9.17) is 21.1 Å². The monoisotopic (exact) mass is 343 g/mol. The van der Waals surface area contributed by atoms with Gasteiger partial charge in [-0.05, 0) is 41.7 Å². The fraction of sp³-hybridized carbons (Fsp3) is 0.316. The molecule has 1 N–H and O–H groups in total. The van der Waals surface area contributed by atoms with Crippen molar-refractivity contribution in [3.8, 4) is 11.5 Å². The molecule has 24 heavy (non-hydrogen) atoms. The van der Waals surface area contributed by atoms with Crippen LogP contribution >= 0.6 is 11.6 Å². The summed E-state index contributed by atoms with van der Waals surface area (Å²) in [6.45, 7) is 1.62. The zero-order chi connectivity index (χ0) is 16.5. The van der Waals surface area contributed by atoms with E-state index in [1.165, 1.54) is 0 Å². The Hall–Kier alpha value is -2.20. The van der Waals surface area contributed by atoms with Crippen molar-refractivity contribution in [1.82, 2.24) is 5.32 Å². The third kappa shape index (κ3) is 3.06. The molecule has 0 radical (unpaired) electrons. The van der Waals surface area contributed by atoms with Crippen LogP contribution in [-0.2, 0) is 11.3 Å². The van der Waals surface area contributed by atoms with Gasteiger partial charge >= 0.3 is 0 Å². The summed E-state index contributed by atoms with van der Waals surface area (Å²) in [7, 11) is 0. The van der Waals surface area contributed by atoms with E-state index in [1.807, 2.05) is 42.5 Å². The number of nitrogens with one attached hydrogen (secondary N) is 1. The second-order valence-corrected chi connectivity index (χ2v) is 6.57. The molecular formula is C19H18ClNO3. The largest absolute Gasteiger partial charge is 0.486 e. The Morgan fingerprint density at radius 2 is 1.92 bits per heavy atom. The summed E-state index contributed by atoms with van der Waals surface area (Å²) < 4.78 is 11.1. The lowest BCUT2D eigenvalue weighted by molar-refractivity contribution is -0.122. The predicted octanol–water partition coefficient (Wildman–Crippen LogP) is 3.53. The van der Waals surface area contributed by atoms with Gasteiger partial charge in [0.25, 0.3) is 0 Å². The lowest BCUT2D eigenvalue weighted by Crippen LogP contribution is -2.25. The van der Waals surface area contributed by atoms with Crippen LogP contribution in [0.4, 0.5) is 0 Å². The highest BCUT2D eigenvalue weighted by Crippen LogP contribution is 2.49. The molecule has 4 rings (SSSR count). The minimum absolute atomic E-state index is 0.0158. The average Bonchev–Trinajstić information content (AvgIpc) is 3.40. The van der Waals surface area contributed by atoms with Crippen molar-refractivity contribution in [2.45, 2.75) is 18.9 Å². The summed E-state index contributed by atoms with van der Waals surface area (Å²) >= 11 is 6.21. The van der Waals surface area contributed by atoms with Crippen LogP contribution in [-0.4, -0.2) is 19.1 Å². The first-order valence-corrected chi connectivity index (χ1v) is 8.51. The minimum Gasteiger partial charge on any atom is -0.486 e. The highest BCUT2D eigenvalue weighted by atomic mass is 35.5. The van der Waals surface area contributed by atoms with E-state index >= 15 is 0 Å². The van der Waals surface area contributed by atoms with Crippen LogP contribution in [0.2, 0.25) is 5.02 Å². The Bertz CT molecular complexity index is 777. The van der Waals surface area contributed by atoms with Gasteiger partial charge in [-0.1, -0.05) is 35.9 Å². The molecule has 1 amide bonds. The molecule has 124 valence electrons. The molecule has 1 aliphatic carbocycles. The van der Waals surface area contributed by atoms with Crippen molar-refractivity contribution in [3.05, 3.63) is 58.6 Å². The molecule has 5 heteroatoms. The van der Waals surface area contributed by atoms with Crippen LogP contribution in [0.3, 0.4) is 0 Å². The van der Waals surface area contributed by atoms with Crippen molar-refractivity contribution in [1.29, 1.82) is 0 Å². The summed E-state index contributed by atoms with van der Waals surface area (Å²) in [5, 5.41) is 3.75. The van der Waals surface area contributed by atoms with E-state index < -0.39 is 0 Å². The number of carbonyl (C=O) groups excluding carboxylic acids is 1. The van der Waals surface area contributed by atoms with Crippen LogP contribution in [0.1, 0.15) is 23.5 Å². The van der Waals surface area contributed by atoms with E-state index in [9.17, 15) is 4.79 Å². The van der Waals surface area contributed by atoms with E-state index in [0.29, 0.717) is 19.8 Å². The number of amides is 1. The molecule has 0 bridgehead atoms. The van der Waals surface area contributed by atoms with E-state index in [2.05, 4.69) is 5.32 Å². The van der Waals surface area contributed by atoms with Gasteiger partial charge in [0.2, 0.25) is 5.91 Å². The molecular weight excluding hydrogens is 326 g/mol. The molecule has 4 nitrogen and oxygen atoms in total. The molecule has 2 unspecified atom stereocenters. The minimum atomic E-state index is 0.0158. The summed E-state index contributed by atoms with van der Waals surface area (Å²) in [6, 6.07) is 13.5. The third-order valence-electron chi connectivity index (χ3n) is 4.51. The Labute approximate surface area is 145 Å². The first-order valence-electron chi connectivity index (χ1n) is 8.13. The Kier molecular flexibility index (Phi) is 4.07. The lowest BCUT2D eigenvalue weighted by atomic mass is 10.1. The van der Waals surface area contributed by atoms with Gasteiger partial charge < -0.3 is 14.8 Å². The van der Waals surface area contributed by atoms with Crippen molar-refractivity contribution >= 4 is 17.5 Å². The van der Waals surface area contributed by atoms with E-state index in [1.54, 1.807) is 0 Å².